The highest BCUT2D eigenvalue weighted by Crippen LogP contribution is 2.18. The first-order valence-corrected chi connectivity index (χ1v) is 9.95. The molecular formula is C23H21N3O6. The number of aryl methyl sites for hydroxylation is 1. The van der Waals surface area contributed by atoms with E-state index in [1.54, 1.807) is 30.5 Å². The maximum atomic E-state index is 12.6. The number of rotatable bonds is 7. The van der Waals surface area contributed by atoms with Gasteiger partial charge in [-0.25, -0.2) is 4.68 Å². The number of Topliss-reactive ketones (excluding diaryl/α,β-unsaturated/α-hetero) is 1. The molecule has 32 heavy (non-hydrogen) atoms. The molecule has 0 radical (unpaired) electrons. The van der Waals surface area contributed by atoms with Crippen LogP contribution in [0.5, 0.6) is 0 Å². The number of ketones is 1. The number of furan rings is 1. The van der Waals surface area contributed by atoms with Gasteiger partial charge in [-0.15, -0.1) is 0 Å². The van der Waals surface area contributed by atoms with Gasteiger partial charge in [-0.2, -0.15) is 0 Å². The van der Waals surface area contributed by atoms with E-state index < -0.39 is 30.2 Å². The van der Waals surface area contributed by atoms with Crippen molar-refractivity contribution in [1.29, 1.82) is 0 Å². The lowest BCUT2D eigenvalue weighted by molar-refractivity contribution is -0.143. The number of fused-ring (bicyclic) bond motifs is 1. The minimum Gasteiger partial charge on any atom is -0.467 e. The molecule has 0 saturated carbocycles. The molecule has 0 unspecified atom stereocenters. The van der Waals surface area contributed by atoms with Crippen LogP contribution in [-0.2, 0) is 22.6 Å². The van der Waals surface area contributed by atoms with E-state index in [1.165, 1.54) is 12.1 Å². The van der Waals surface area contributed by atoms with E-state index in [9.17, 15) is 19.2 Å². The van der Waals surface area contributed by atoms with E-state index in [1.807, 2.05) is 24.5 Å². The number of ether oxygens (including phenoxy) is 1. The molecule has 3 heterocycles. The van der Waals surface area contributed by atoms with E-state index in [0.29, 0.717) is 12.1 Å². The minimum absolute atomic E-state index is 0.198. The molecule has 9 nitrogen and oxygen atoms in total. The number of nitrogens with zero attached hydrogens (tertiary/aromatic N) is 2. The number of hydrogen-bond acceptors (Lipinski definition) is 6. The van der Waals surface area contributed by atoms with Gasteiger partial charge in [0.15, 0.2) is 6.61 Å². The Morgan fingerprint density at radius 2 is 1.81 bits per heavy atom. The van der Waals surface area contributed by atoms with Gasteiger partial charge in [0, 0.05) is 17.0 Å². The summed E-state index contributed by atoms with van der Waals surface area (Å²) < 4.78 is 13.3. The molecule has 9 heteroatoms. The first-order valence-electron chi connectivity index (χ1n) is 9.95. The molecule has 1 N–H and O–H groups in total. The normalized spacial score (nSPS) is 11.1. The van der Waals surface area contributed by atoms with Crippen molar-refractivity contribution in [2.24, 2.45) is 0 Å². The zero-order valence-corrected chi connectivity index (χ0v) is 17.6. The van der Waals surface area contributed by atoms with Gasteiger partial charge in [-0.1, -0.05) is 12.1 Å². The molecule has 1 aromatic carbocycles. The number of aromatic amines is 1. The highest BCUT2D eigenvalue weighted by Gasteiger charge is 2.19. The van der Waals surface area contributed by atoms with Crippen molar-refractivity contribution in [2.75, 3.05) is 6.61 Å². The summed E-state index contributed by atoms with van der Waals surface area (Å²) in [4.78, 5) is 49.5. The Morgan fingerprint density at radius 3 is 2.53 bits per heavy atom. The Morgan fingerprint density at radius 1 is 1.06 bits per heavy atom. The van der Waals surface area contributed by atoms with E-state index in [2.05, 4.69) is 5.10 Å². The second-order valence-corrected chi connectivity index (χ2v) is 7.41. The van der Waals surface area contributed by atoms with Crippen molar-refractivity contribution in [3.05, 3.63) is 92.1 Å². The van der Waals surface area contributed by atoms with Gasteiger partial charge in [0.05, 0.1) is 23.6 Å². The van der Waals surface area contributed by atoms with Gasteiger partial charge in [-0.3, -0.25) is 24.3 Å². The third-order valence-corrected chi connectivity index (χ3v) is 5.30. The standard InChI is InChI=1S/C23H21N3O6/c1-14-10-19(15(2)25(14)11-16-6-5-9-31-16)20(27)13-32-21(28)12-26-23(30)18-8-4-3-7-17(18)22(29)24-26/h3-10H,11-13H2,1-2H3,(H,24,29). The van der Waals surface area contributed by atoms with Gasteiger partial charge < -0.3 is 13.7 Å². The molecule has 4 rings (SSSR count). The fraction of sp³-hybridized carbons (Fsp3) is 0.217. The van der Waals surface area contributed by atoms with Crippen molar-refractivity contribution in [3.63, 3.8) is 0 Å². The summed E-state index contributed by atoms with van der Waals surface area (Å²) in [5.41, 5.74) is 1.03. The quantitative estimate of drug-likeness (QED) is 0.351. The van der Waals surface area contributed by atoms with Crippen LogP contribution in [0.25, 0.3) is 10.8 Å². The maximum absolute atomic E-state index is 12.6. The lowest BCUT2D eigenvalue weighted by atomic mass is 10.1. The van der Waals surface area contributed by atoms with Gasteiger partial charge in [0.1, 0.15) is 12.3 Å². The highest BCUT2D eigenvalue weighted by atomic mass is 16.5. The second kappa shape index (κ2) is 8.54. The molecule has 0 fully saturated rings. The summed E-state index contributed by atoms with van der Waals surface area (Å²) in [5, 5.41) is 2.80. The predicted octanol–water partition coefficient (Wildman–Crippen LogP) is 2.18. The number of benzene rings is 1. The van der Waals surface area contributed by atoms with Crippen LogP contribution in [0.15, 0.2) is 62.7 Å². The fourth-order valence-corrected chi connectivity index (χ4v) is 3.64. The molecule has 0 aliphatic rings. The summed E-state index contributed by atoms with van der Waals surface area (Å²) >= 11 is 0. The zero-order chi connectivity index (χ0) is 22.8. The first-order chi connectivity index (χ1) is 15.3. The molecule has 0 atom stereocenters. The van der Waals surface area contributed by atoms with Gasteiger partial charge in [0.25, 0.3) is 11.1 Å². The van der Waals surface area contributed by atoms with Crippen molar-refractivity contribution < 1.29 is 18.7 Å². The highest BCUT2D eigenvalue weighted by molar-refractivity contribution is 5.99. The number of carbonyl (C=O) groups excluding carboxylic acids is 2. The monoisotopic (exact) mass is 435 g/mol. The molecule has 4 aromatic rings. The number of hydrogen-bond donors (Lipinski definition) is 1. The van der Waals surface area contributed by atoms with Gasteiger partial charge >= 0.3 is 5.97 Å². The van der Waals surface area contributed by atoms with E-state index in [-0.39, 0.29) is 16.6 Å². The Balaban J connectivity index is 1.44. The number of nitrogens with one attached hydrogen (secondary N) is 1. The number of H-pyrrole nitrogens is 1. The molecule has 0 amide bonds. The van der Waals surface area contributed by atoms with Crippen LogP contribution in [0, 0.1) is 13.8 Å². The minimum atomic E-state index is -0.809. The van der Waals surface area contributed by atoms with Crippen LogP contribution in [0.1, 0.15) is 27.5 Å². The van der Waals surface area contributed by atoms with E-state index in [0.717, 1.165) is 21.8 Å². The summed E-state index contributed by atoms with van der Waals surface area (Å²) in [6, 6.07) is 11.7. The third-order valence-electron chi connectivity index (χ3n) is 5.30. The molecular weight excluding hydrogens is 414 g/mol. The lowest BCUT2D eigenvalue weighted by Crippen LogP contribution is -2.33. The summed E-state index contributed by atoms with van der Waals surface area (Å²) in [6.45, 7) is 3.18. The predicted molar refractivity (Wildman–Crippen MR) is 116 cm³/mol. The molecule has 0 saturated heterocycles. The molecule has 0 aliphatic heterocycles. The van der Waals surface area contributed by atoms with Gasteiger partial charge in [-0.05, 0) is 44.2 Å². The van der Waals surface area contributed by atoms with E-state index >= 15 is 0 Å². The van der Waals surface area contributed by atoms with Crippen LogP contribution >= 0.6 is 0 Å². The second-order valence-electron chi connectivity index (χ2n) is 7.41. The van der Waals surface area contributed by atoms with Crippen molar-refractivity contribution >= 4 is 22.5 Å². The molecule has 0 aliphatic carbocycles. The maximum Gasteiger partial charge on any atom is 0.328 e. The molecule has 3 aromatic heterocycles. The van der Waals surface area contributed by atoms with Crippen LogP contribution in [-0.4, -0.2) is 32.7 Å². The molecule has 0 bridgehead atoms. The van der Waals surface area contributed by atoms with Crippen LogP contribution in [0.3, 0.4) is 0 Å². The van der Waals surface area contributed by atoms with Crippen LogP contribution in [0.2, 0.25) is 0 Å². The van der Waals surface area contributed by atoms with Crippen LogP contribution in [0.4, 0.5) is 0 Å². The smallest absolute Gasteiger partial charge is 0.328 e. The third kappa shape index (κ3) is 4.04. The number of esters is 1. The fourth-order valence-electron chi connectivity index (χ4n) is 3.64. The van der Waals surface area contributed by atoms with Crippen molar-refractivity contribution in [3.8, 4) is 0 Å². The Hall–Kier alpha value is -4.14. The average Bonchev–Trinajstić information content (AvgIpc) is 3.39. The number of aromatic nitrogens is 3. The summed E-state index contributed by atoms with van der Waals surface area (Å²) in [6.07, 6.45) is 1.59. The van der Waals surface area contributed by atoms with Crippen molar-refractivity contribution in [1.82, 2.24) is 14.3 Å². The van der Waals surface area contributed by atoms with Gasteiger partial charge in [0.2, 0.25) is 5.78 Å². The van der Waals surface area contributed by atoms with Crippen LogP contribution < -0.4 is 11.1 Å². The summed E-state index contributed by atoms with van der Waals surface area (Å²) in [5.74, 6) is -0.417. The van der Waals surface area contributed by atoms with E-state index in [4.69, 9.17) is 9.15 Å². The molecule has 0 spiro atoms. The van der Waals surface area contributed by atoms with Crippen molar-refractivity contribution in [2.45, 2.75) is 26.9 Å². The first kappa shape index (κ1) is 21.1. The summed E-state index contributed by atoms with van der Waals surface area (Å²) in [7, 11) is 0. The Kier molecular flexibility index (Phi) is 5.63. The SMILES string of the molecule is Cc1cc(C(=O)COC(=O)Cn2[nH]c(=O)c3ccccc3c2=O)c(C)n1Cc1ccco1. The Bertz CT molecular complexity index is 1420. The lowest BCUT2D eigenvalue weighted by Gasteiger charge is -2.09. The number of carbonyl (C=O) groups is 2. The zero-order valence-electron chi connectivity index (χ0n) is 17.6. The largest absolute Gasteiger partial charge is 0.467 e. The topological polar surface area (TPSA) is 116 Å². The Labute approximate surface area is 181 Å². The molecule has 164 valence electrons. The average molecular weight is 435 g/mol.